The van der Waals surface area contributed by atoms with Crippen molar-refractivity contribution in [3.8, 4) is 0 Å². The van der Waals surface area contributed by atoms with Gasteiger partial charge in [0.2, 0.25) is 0 Å². The summed E-state index contributed by atoms with van der Waals surface area (Å²) in [6.45, 7) is 2.88. The van der Waals surface area contributed by atoms with E-state index in [2.05, 4.69) is 15.6 Å². The number of hydrogen-bond acceptors (Lipinski definition) is 4. The molecule has 22 heavy (non-hydrogen) atoms. The van der Waals surface area contributed by atoms with Gasteiger partial charge in [0.25, 0.3) is 0 Å². The summed E-state index contributed by atoms with van der Waals surface area (Å²) in [6.07, 6.45) is 2.83. The average molecular weight is 439 g/mol. The van der Waals surface area contributed by atoms with E-state index in [-0.39, 0.29) is 30.1 Å². The fourth-order valence-corrected chi connectivity index (χ4v) is 3.42. The summed E-state index contributed by atoms with van der Waals surface area (Å²) >= 11 is 1.57. The molecule has 1 saturated carbocycles. The molecule has 0 radical (unpaired) electrons. The molecule has 0 saturated heterocycles. The monoisotopic (exact) mass is 439 g/mol. The maximum atomic E-state index is 10.5. The van der Waals surface area contributed by atoms with Gasteiger partial charge in [-0.15, -0.1) is 24.0 Å². The van der Waals surface area contributed by atoms with Gasteiger partial charge in [-0.1, -0.05) is 6.42 Å². The van der Waals surface area contributed by atoms with Gasteiger partial charge in [-0.05, 0) is 42.2 Å². The summed E-state index contributed by atoms with van der Waals surface area (Å²) in [5.41, 5.74) is -0.0218. The first-order valence-corrected chi connectivity index (χ1v) is 8.35. The highest BCUT2D eigenvalue weighted by atomic mass is 127. The van der Waals surface area contributed by atoms with Crippen molar-refractivity contribution in [2.45, 2.75) is 37.9 Å². The van der Waals surface area contributed by atoms with E-state index in [0.717, 1.165) is 24.8 Å². The van der Waals surface area contributed by atoms with Crippen molar-refractivity contribution in [2.24, 2.45) is 10.9 Å². The predicted octanol–water partition coefficient (Wildman–Crippen LogP) is 1.90. The van der Waals surface area contributed by atoms with Crippen LogP contribution >= 0.6 is 35.3 Å². The highest BCUT2D eigenvalue weighted by Gasteiger charge is 2.26. The molecule has 1 aromatic heterocycles. The Balaban J connectivity index is 0.00000242. The van der Waals surface area contributed by atoms with Crippen molar-refractivity contribution in [2.75, 3.05) is 20.1 Å². The minimum absolute atomic E-state index is 0. The van der Waals surface area contributed by atoms with E-state index in [1.807, 2.05) is 16.8 Å². The molecule has 5 nitrogen and oxygen atoms in total. The molecule has 0 aromatic carbocycles. The molecule has 0 spiro atoms. The molecule has 0 amide bonds. The van der Waals surface area contributed by atoms with Crippen LogP contribution in [0.1, 0.15) is 31.7 Å². The number of aliphatic imine (C=N–C) groups is 1. The van der Waals surface area contributed by atoms with Crippen LogP contribution in [0, 0.1) is 5.92 Å². The summed E-state index contributed by atoms with van der Waals surface area (Å²) in [6, 6.07) is 1.93. The van der Waals surface area contributed by atoms with Crippen LogP contribution in [-0.4, -0.2) is 42.4 Å². The zero-order chi connectivity index (χ0) is 15.3. The topological polar surface area (TPSA) is 76.9 Å². The second-order valence-electron chi connectivity index (χ2n) is 5.85. The summed E-state index contributed by atoms with van der Waals surface area (Å²) in [4.78, 5) is 4.16. The molecule has 1 fully saturated rings. The van der Waals surface area contributed by atoms with Crippen LogP contribution in [0.2, 0.25) is 0 Å². The van der Waals surface area contributed by atoms with Crippen LogP contribution in [0.3, 0.4) is 0 Å². The minimum atomic E-state index is -0.926. The lowest BCUT2D eigenvalue weighted by Crippen LogP contribution is -2.46. The van der Waals surface area contributed by atoms with E-state index in [1.54, 1.807) is 25.3 Å². The van der Waals surface area contributed by atoms with E-state index in [1.165, 1.54) is 0 Å². The number of rotatable bonds is 5. The van der Waals surface area contributed by atoms with Gasteiger partial charge in [0.15, 0.2) is 5.96 Å². The van der Waals surface area contributed by atoms with E-state index in [9.17, 15) is 10.2 Å². The Kier molecular flexibility index (Phi) is 8.09. The van der Waals surface area contributed by atoms with Crippen LogP contribution in [0.25, 0.3) is 0 Å². The molecule has 1 aliphatic carbocycles. The average Bonchev–Trinajstić information content (AvgIpc) is 3.11. The zero-order valence-electron chi connectivity index (χ0n) is 13.1. The van der Waals surface area contributed by atoms with Gasteiger partial charge < -0.3 is 20.8 Å². The van der Waals surface area contributed by atoms with Gasteiger partial charge in [0.05, 0.1) is 12.6 Å². The Hall–Kier alpha value is -0.380. The number of nitrogens with one attached hydrogen (secondary N) is 2. The number of thiophene rings is 1. The third kappa shape index (κ3) is 5.36. The standard InChI is InChI=1S/C15H25N3O2S.HI/c1-15(20,12-6-7-21-9-12)10-18-14(16-2)17-8-11-4-3-5-13(11)19;/h6-7,9,11,13,19-20H,3-5,8,10H2,1-2H3,(H2,16,17,18);1H. The first-order chi connectivity index (χ1) is 10.0. The van der Waals surface area contributed by atoms with Crippen LogP contribution in [0.4, 0.5) is 0 Å². The molecular weight excluding hydrogens is 413 g/mol. The van der Waals surface area contributed by atoms with E-state index >= 15 is 0 Å². The SMILES string of the molecule is CN=C(NCC1CCCC1O)NCC(C)(O)c1ccsc1.I. The number of aliphatic hydroxyl groups is 2. The number of halogens is 1. The molecule has 2 rings (SSSR count). The lowest BCUT2D eigenvalue weighted by Gasteiger charge is -2.25. The van der Waals surface area contributed by atoms with Crippen molar-refractivity contribution < 1.29 is 10.2 Å². The third-order valence-corrected chi connectivity index (χ3v) is 4.80. The fraction of sp³-hybridized carbons (Fsp3) is 0.667. The Bertz CT molecular complexity index is 465. The molecule has 126 valence electrons. The smallest absolute Gasteiger partial charge is 0.191 e. The van der Waals surface area contributed by atoms with Gasteiger partial charge in [-0.25, -0.2) is 0 Å². The number of nitrogens with zero attached hydrogens (tertiary/aromatic N) is 1. The Morgan fingerprint density at radius 3 is 2.77 bits per heavy atom. The molecule has 4 N–H and O–H groups in total. The van der Waals surface area contributed by atoms with Gasteiger partial charge in [-0.2, -0.15) is 11.3 Å². The minimum Gasteiger partial charge on any atom is -0.393 e. The normalized spacial score (nSPS) is 24.5. The van der Waals surface area contributed by atoms with E-state index in [0.29, 0.717) is 25.0 Å². The second kappa shape index (κ2) is 9.05. The first kappa shape index (κ1) is 19.7. The molecule has 1 aliphatic rings. The summed E-state index contributed by atoms with van der Waals surface area (Å²) in [7, 11) is 1.71. The maximum absolute atomic E-state index is 10.5. The second-order valence-corrected chi connectivity index (χ2v) is 6.63. The van der Waals surface area contributed by atoms with Crippen molar-refractivity contribution in [1.82, 2.24) is 10.6 Å². The van der Waals surface area contributed by atoms with Crippen molar-refractivity contribution in [3.63, 3.8) is 0 Å². The van der Waals surface area contributed by atoms with Gasteiger partial charge in [0.1, 0.15) is 5.60 Å². The molecule has 1 heterocycles. The lowest BCUT2D eigenvalue weighted by molar-refractivity contribution is 0.0620. The highest BCUT2D eigenvalue weighted by molar-refractivity contribution is 14.0. The molecule has 0 bridgehead atoms. The third-order valence-electron chi connectivity index (χ3n) is 4.12. The van der Waals surface area contributed by atoms with Crippen LogP contribution in [0.15, 0.2) is 21.8 Å². The molecule has 7 heteroatoms. The fourth-order valence-electron chi connectivity index (χ4n) is 2.63. The highest BCUT2D eigenvalue weighted by Crippen LogP contribution is 2.24. The summed E-state index contributed by atoms with van der Waals surface area (Å²) in [5.74, 6) is 0.950. The van der Waals surface area contributed by atoms with Crippen LogP contribution < -0.4 is 10.6 Å². The first-order valence-electron chi connectivity index (χ1n) is 7.40. The number of hydrogen-bond donors (Lipinski definition) is 4. The Labute approximate surface area is 153 Å². The quantitative estimate of drug-likeness (QED) is 0.321. The molecule has 1 aromatic rings. The molecule has 3 atom stereocenters. The number of aliphatic hydroxyl groups excluding tert-OH is 1. The maximum Gasteiger partial charge on any atom is 0.191 e. The van der Waals surface area contributed by atoms with Crippen molar-refractivity contribution in [3.05, 3.63) is 22.4 Å². The van der Waals surface area contributed by atoms with Gasteiger partial charge in [0, 0.05) is 19.5 Å². The summed E-state index contributed by atoms with van der Waals surface area (Å²) < 4.78 is 0. The van der Waals surface area contributed by atoms with Crippen LogP contribution in [-0.2, 0) is 5.60 Å². The lowest BCUT2D eigenvalue weighted by atomic mass is 9.99. The number of guanidine groups is 1. The zero-order valence-corrected chi connectivity index (χ0v) is 16.2. The molecule has 0 aliphatic heterocycles. The molecule has 3 unspecified atom stereocenters. The predicted molar refractivity (Wildman–Crippen MR) is 102 cm³/mol. The Morgan fingerprint density at radius 2 is 2.23 bits per heavy atom. The van der Waals surface area contributed by atoms with Crippen molar-refractivity contribution in [1.29, 1.82) is 0 Å². The largest absolute Gasteiger partial charge is 0.393 e. The van der Waals surface area contributed by atoms with Crippen LogP contribution in [0.5, 0.6) is 0 Å². The van der Waals surface area contributed by atoms with E-state index in [4.69, 9.17) is 0 Å². The van der Waals surface area contributed by atoms with Gasteiger partial charge >= 0.3 is 0 Å². The van der Waals surface area contributed by atoms with Crippen molar-refractivity contribution >= 4 is 41.3 Å². The van der Waals surface area contributed by atoms with E-state index < -0.39 is 5.60 Å². The summed E-state index contributed by atoms with van der Waals surface area (Å²) in [5, 5.41) is 30.6. The molecular formula is C15H26IN3O2S. The Morgan fingerprint density at radius 1 is 1.45 bits per heavy atom. The van der Waals surface area contributed by atoms with Gasteiger partial charge in [-0.3, -0.25) is 4.99 Å².